The van der Waals surface area contributed by atoms with Gasteiger partial charge >= 0.3 is 7.75 Å². The second-order valence-corrected chi connectivity index (χ2v) is 9.41. The fourth-order valence-electron chi connectivity index (χ4n) is 4.07. The molecule has 0 spiro atoms. The number of hydrogen-bond acceptors (Lipinski definition) is 1. The third-order valence-corrected chi connectivity index (χ3v) is 7.20. The van der Waals surface area contributed by atoms with E-state index in [1.807, 2.05) is 60.7 Å². The van der Waals surface area contributed by atoms with Crippen molar-refractivity contribution in [3.05, 3.63) is 71.8 Å². The van der Waals surface area contributed by atoms with Crippen LogP contribution in [0.3, 0.4) is 0 Å². The average Bonchev–Trinajstić information content (AvgIpc) is 2.69. The molecule has 0 atom stereocenters. The van der Waals surface area contributed by atoms with Crippen molar-refractivity contribution in [1.82, 2.24) is 0 Å². The summed E-state index contributed by atoms with van der Waals surface area (Å²) in [5.74, 6) is 0. The SMILES string of the molecule is CCCCC[N+](CCCCC)(C(c1ccccc1)c1ccccc1)P(=O)(O)O. The summed E-state index contributed by atoms with van der Waals surface area (Å²) in [6.45, 7) is 5.21. The number of rotatable bonds is 12. The predicted octanol–water partition coefficient (Wildman–Crippen LogP) is 6.07. The second-order valence-electron chi connectivity index (χ2n) is 7.59. The van der Waals surface area contributed by atoms with Crippen molar-refractivity contribution in [3.63, 3.8) is 0 Å². The molecule has 2 aromatic carbocycles. The molecular formula is C23H35NO3P+. The van der Waals surface area contributed by atoms with E-state index in [1.165, 1.54) is 0 Å². The van der Waals surface area contributed by atoms with Crippen LogP contribution < -0.4 is 0 Å². The molecule has 0 fully saturated rings. The molecule has 0 heterocycles. The Bertz CT molecular complexity index is 681. The molecule has 0 unspecified atom stereocenters. The Kier molecular flexibility index (Phi) is 8.91. The molecule has 0 saturated heterocycles. The Labute approximate surface area is 170 Å². The van der Waals surface area contributed by atoms with E-state index in [4.69, 9.17) is 0 Å². The third-order valence-electron chi connectivity index (χ3n) is 5.53. The molecule has 0 aliphatic carbocycles. The van der Waals surface area contributed by atoms with Gasteiger partial charge in [-0.1, -0.05) is 87.4 Å². The summed E-state index contributed by atoms with van der Waals surface area (Å²) in [4.78, 5) is 21.4. The van der Waals surface area contributed by atoms with Crippen molar-refractivity contribution < 1.29 is 18.6 Å². The molecule has 28 heavy (non-hydrogen) atoms. The fourth-order valence-corrected chi connectivity index (χ4v) is 5.44. The van der Waals surface area contributed by atoms with Crippen LogP contribution in [0.1, 0.15) is 69.5 Å². The number of quaternary nitrogens is 1. The molecule has 0 aliphatic heterocycles. The van der Waals surface area contributed by atoms with Gasteiger partial charge in [0.05, 0.1) is 13.1 Å². The molecule has 0 radical (unpaired) electrons. The van der Waals surface area contributed by atoms with E-state index < -0.39 is 7.75 Å². The molecule has 154 valence electrons. The first kappa shape index (κ1) is 22.8. The summed E-state index contributed by atoms with van der Waals surface area (Å²) in [7, 11) is -4.44. The summed E-state index contributed by atoms with van der Waals surface area (Å²) in [6.07, 6.45) is 5.62. The van der Waals surface area contributed by atoms with Crippen LogP contribution in [0.5, 0.6) is 0 Å². The van der Waals surface area contributed by atoms with E-state index in [0.717, 1.165) is 49.7 Å². The maximum Gasteiger partial charge on any atom is 0.527 e. The molecular weight excluding hydrogens is 369 g/mol. The summed E-state index contributed by atoms with van der Waals surface area (Å²) in [5.41, 5.74) is 1.93. The standard InChI is InChI=1S/C23H34NO3P/c1-3-5-13-19-24(28(25,26)27,20-14-6-4-2)23(21-15-9-7-10-16-21)22-17-11-8-12-18-22/h7-12,15-18,23H,3-6,13-14,19-20H2,1-2H3,(H-,25,26,27)/p+1. The van der Waals surface area contributed by atoms with Gasteiger partial charge in [-0.2, -0.15) is 0 Å². The lowest BCUT2D eigenvalue weighted by molar-refractivity contribution is -0.850. The monoisotopic (exact) mass is 404 g/mol. The van der Waals surface area contributed by atoms with E-state index >= 15 is 0 Å². The first-order valence-electron chi connectivity index (χ1n) is 10.5. The van der Waals surface area contributed by atoms with Gasteiger partial charge in [-0.15, -0.1) is 0 Å². The number of nitrogens with zero attached hydrogens (tertiary/aromatic N) is 1. The first-order chi connectivity index (χ1) is 13.5. The molecule has 5 heteroatoms. The van der Waals surface area contributed by atoms with E-state index in [2.05, 4.69) is 13.8 Å². The molecule has 0 bridgehead atoms. The summed E-state index contributed by atoms with van der Waals surface area (Å²) in [6, 6.07) is 19.3. The van der Waals surface area contributed by atoms with Crippen LogP contribution in [0.4, 0.5) is 0 Å². The quantitative estimate of drug-likeness (QED) is 0.334. The molecule has 2 aromatic rings. The maximum absolute atomic E-state index is 13.1. The Morgan fingerprint density at radius 1 is 0.750 bits per heavy atom. The minimum absolute atomic E-state index is 0.193. The van der Waals surface area contributed by atoms with Crippen molar-refractivity contribution in [2.75, 3.05) is 13.1 Å². The van der Waals surface area contributed by atoms with Gasteiger partial charge in [-0.05, 0) is 25.7 Å². The largest absolute Gasteiger partial charge is 0.527 e. The lowest BCUT2D eigenvalue weighted by atomic mass is 9.96. The van der Waals surface area contributed by atoms with Gasteiger partial charge < -0.3 is 0 Å². The average molecular weight is 405 g/mol. The van der Waals surface area contributed by atoms with Crippen molar-refractivity contribution in [1.29, 1.82) is 0 Å². The highest BCUT2D eigenvalue weighted by Crippen LogP contribution is 2.57. The van der Waals surface area contributed by atoms with Crippen LogP contribution in [-0.4, -0.2) is 27.1 Å². The van der Waals surface area contributed by atoms with Gasteiger partial charge in [0, 0.05) is 11.1 Å². The predicted molar refractivity (Wildman–Crippen MR) is 116 cm³/mol. The van der Waals surface area contributed by atoms with Gasteiger partial charge in [0.25, 0.3) is 0 Å². The number of unbranched alkanes of at least 4 members (excludes halogenated alkanes) is 4. The van der Waals surface area contributed by atoms with Crippen molar-refractivity contribution in [3.8, 4) is 0 Å². The first-order valence-corrected chi connectivity index (χ1v) is 12.1. The van der Waals surface area contributed by atoms with Crippen LogP contribution in [0.25, 0.3) is 0 Å². The minimum atomic E-state index is -4.44. The Balaban J connectivity index is 2.63. The second kappa shape index (κ2) is 10.9. The Hall–Kier alpha value is -1.45. The van der Waals surface area contributed by atoms with E-state index in [-0.39, 0.29) is 10.3 Å². The highest BCUT2D eigenvalue weighted by atomic mass is 31.2. The highest BCUT2D eigenvalue weighted by Gasteiger charge is 2.52. The molecule has 0 aromatic heterocycles. The topological polar surface area (TPSA) is 57.5 Å². The molecule has 4 nitrogen and oxygen atoms in total. The summed E-state index contributed by atoms with van der Waals surface area (Å²) in [5, 5.41) is 0. The van der Waals surface area contributed by atoms with Crippen molar-refractivity contribution >= 4 is 7.75 Å². The van der Waals surface area contributed by atoms with Crippen LogP contribution in [0, 0.1) is 0 Å². The van der Waals surface area contributed by atoms with Crippen LogP contribution in [0.15, 0.2) is 60.7 Å². The highest BCUT2D eigenvalue weighted by molar-refractivity contribution is 7.45. The summed E-state index contributed by atoms with van der Waals surface area (Å²) >= 11 is 0. The number of hydrogen-bond donors (Lipinski definition) is 2. The normalized spacial score (nSPS) is 12.5. The maximum atomic E-state index is 13.1. The lowest BCUT2D eigenvalue weighted by Crippen LogP contribution is -2.49. The molecule has 2 N–H and O–H groups in total. The lowest BCUT2D eigenvalue weighted by Gasteiger charge is -2.44. The van der Waals surface area contributed by atoms with Gasteiger partial charge in [-0.3, -0.25) is 9.79 Å². The van der Waals surface area contributed by atoms with Crippen molar-refractivity contribution in [2.45, 2.75) is 58.4 Å². The van der Waals surface area contributed by atoms with Gasteiger partial charge in [0.15, 0.2) is 0 Å². The molecule has 0 aliphatic rings. The van der Waals surface area contributed by atoms with Crippen molar-refractivity contribution in [2.24, 2.45) is 0 Å². The van der Waals surface area contributed by atoms with Crippen LogP contribution >= 0.6 is 7.75 Å². The molecule has 2 rings (SSSR count). The zero-order valence-corrected chi connectivity index (χ0v) is 18.1. The Morgan fingerprint density at radius 2 is 1.14 bits per heavy atom. The summed E-state index contributed by atoms with van der Waals surface area (Å²) < 4.78 is 12.9. The smallest absolute Gasteiger partial charge is 0.279 e. The van der Waals surface area contributed by atoms with E-state index in [1.54, 1.807) is 0 Å². The fraction of sp³-hybridized carbons (Fsp3) is 0.478. The molecule has 0 saturated carbocycles. The van der Waals surface area contributed by atoms with E-state index in [0.29, 0.717) is 13.1 Å². The Morgan fingerprint density at radius 3 is 1.46 bits per heavy atom. The zero-order chi connectivity index (χ0) is 20.5. The van der Waals surface area contributed by atoms with E-state index in [9.17, 15) is 14.4 Å². The van der Waals surface area contributed by atoms with Gasteiger partial charge in [-0.25, -0.2) is 8.82 Å². The zero-order valence-electron chi connectivity index (χ0n) is 17.2. The van der Waals surface area contributed by atoms with Gasteiger partial charge in [0.2, 0.25) is 0 Å². The number of benzene rings is 2. The van der Waals surface area contributed by atoms with Gasteiger partial charge in [0.1, 0.15) is 6.04 Å². The van der Waals surface area contributed by atoms with Crippen LogP contribution in [-0.2, 0) is 4.57 Å². The molecule has 0 amide bonds. The minimum Gasteiger partial charge on any atom is -0.279 e. The van der Waals surface area contributed by atoms with Crippen LogP contribution in [0.2, 0.25) is 0 Å². The third kappa shape index (κ3) is 5.55.